The molecule has 84 heavy (non-hydrogen) atoms. The van der Waals surface area contributed by atoms with Crippen LogP contribution in [0.5, 0.6) is 0 Å². The van der Waals surface area contributed by atoms with Crippen LogP contribution in [0.2, 0.25) is 0 Å². The Balaban J connectivity index is 0.980. The molecule has 2 aromatic carbocycles. The molecule has 0 spiro atoms. The number of anilines is 1. The van der Waals surface area contributed by atoms with Crippen molar-refractivity contribution >= 4 is 116 Å². The minimum atomic E-state index is -1.08. The van der Waals surface area contributed by atoms with Crippen molar-refractivity contribution in [3.63, 3.8) is 0 Å². The molecule has 9 aromatic rings. The summed E-state index contributed by atoms with van der Waals surface area (Å²) in [6, 6.07) is 18.4. The first-order valence-electron chi connectivity index (χ1n) is 25.7. The van der Waals surface area contributed by atoms with Crippen molar-refractivity contribution in [1.29, 1.82) is 0 Å². The number of aryl methyl sites for hydroxylation is 3. The molecular formula is C56H53N13O9S6. The lowest BCUT2D eigenvalue weighted by Crippen LogP contribution is -2.34. The Morgan fingerprint density at radius 3 is 2.20 bits per heavy atom. The van der Waals surface area contributed by atoms with Gasteiger partial charge >= 0.3 is 5.97 Å². The van der Waals surface area contributed by atoms with Gasteiger partial charge in [-0.05, 0) is 54.7 Å². The summed E-state index contributed by atoms with van der Waals surface area (Å²) in [7, 11) is 2.94. The molecule has 0 saturated carbocycles. The van der Waals surface area contributed by atoms with Crippen LogP contribution in [0.1, 0.15) is 110 Å². The van der Waals surface area contributed by atoms with Crippen molar-refractivity contribution in [1.82, 2.24) is 56.2 Å². The van der Waals surface area contributed by atoms with Crippen molar-refractivity contribution in [2.24, 2.45) is 11.7 Å². The zero-order chi connectivity index (χ0) is 59.6. The van der Waals surface area contributed by atoms with Crippen LogP contribution in [0, 0.1) is 12.8 Å². The molecule has 0 aliphatic carbocycles. The molecule has 1 unspecified atom stereocenters. The molecular weight excluding hydrogens is 1190 g/mol. The Morgan fingerprint density at radius 1 is 0.726 bits per heavy atom. The lowest BCUT2D eigenvalue weighted by atomic mass is 10.0. The molecule has 28 heteroatoms. The lowest BCUT2D eigenvalue weighted by molar-refractivity contribution is -0.121. The highest BCUT2D eigenvalue weighted by molar-refractivity contribution is 7.15. The summed E-state index contributed by atoms with van der Waals surface area (Å²) in [6.07, 6.45) is 2.01. The second-order valence-corrected chi connectivity index (χ2v) is 24.9. The van der Waals surface area contributed by atoms with E-state index in [1.54, 1.807) is 47.2 Å². The van der Waals surface area contributed by atoms with Crippen LogP contribution in [-0.4, -0.2) is 103 Å². The number of nitrogens with two attached hydrogens (primary N) is 1. The van der Waals surface area contributed by atoms with E-state index in [0.717, 1.165) is 34.9 Å². The highest BCUT2D eigenvalue weighted by Crippen LogP contribution is 2.39. The first kappa shape index (κ1) is 60.2. The fourth-order valence-corrected chi connectivity index (χ4v) is 13.9. The summed E-state index contributed by atoms with van der Waals surface area (Å²) in [5.41, 5.74) is 9.96. The van der Waals surface area contributed by atoms with Gasteiger partial charge in [-0.3, -0.25) is 33.7 Å². The van der Waals surface area contributed by atoms with E-state index in [-0.39, 0.29) is 53.1 Å². The van der Waals surface area contributed by atoms with E-state index < -0.39 is 54.1 Å². The average molecular weight is 1240 g/mol. The summed E-state index contributed by atoms with van der Waals surface area (Å²) in [4.78, 5) is 126. The number of amides is 6. The van der Waals surface area contributed by atoms with Gasteiger partial charge in [-0.1, -0.05) is 56.3 Å². The number of carboxylic acids is 1. The van der Waals surface area contributed by atoms with Gasteiger partial charge < -0.3 is 36.8 Å². The summed E-state index contributed by atoms with van der Waals surface area (Å²) in [6.45, 7) is 5.19. The number of primary amides is 1. The van der Waals surface area contributed by atoms with E-state index in [0.29, 0.717) is 70.2 Å². The van der Waals surface area contributed by atoms with Crippen molar-refractivity contribution in [3.05, 3.63) is 147 Å². The van der Waals surface area contributed by atoms with E-state index in [4.69, 9.17) is 35.4 Å². The minimum absolute atomic E-state index is 0.0359. The van der Waals surface area contributed by atoms with Crippen molar-refractivity contribution in [3.8, 4) is 43.4 Å². The van der Waals surface area contributed by atoms with E-state index in [1.165, 1.54) is 82.1 Å². The van der Waals surface area contributed by atoms with Gasteiger partial charge in [-0.2, -0.15) is 0 Å². The van der Waals surface area contributed by atoms with Crippen molar-refractivity contribution in [2.75, 3.05) is 25.6 Å². The third-order valence-electron chi connectivity index (χ3n) is 12.7. The molecule has 7 N–H and O–H groups in total. The molecule has 7 aromatic heterocycles. The number of nitrogens with zero attached hydrogens (tertiary/aromatic N) is 8. The van der Waals surface area contributed by atoms with Crippen LogP contribution in [0.15, 0.2) is 88.3 Å². The Bertz CT molecular complexity index is 3890. The number of rotatable bonds is 26. The maximum absolute atomic E-state index is 14.3. The Morgan fingerprint density at radius 2 is 1.46 bits per heavy atom. The number of ether oxygens (including phenoxy) is 1. The van der Waals surface area contributed by atoms with Gasteiger partial charge in [0.2, 0.25) is 18.2 Å². The van der Waals surface area contributed by atoms with E-state index >= 15 is 0 Å². The number of carbonyl (C=O) groups is 7. The van der Waals surface area contributed by atoms with Crippen molar-refractivity contribution < 1.29 is 43.4 Å². The van der Waals surface area contributed by atoms with Crippen LogP contribution < -0.4 is 31.9 Å². The molecule has 0 fully saturated rings. The number of hydrogen-bond donors (Lipinski definition) is 6. The van der Waals surface area contributed by atoms with Crippen LogP contribution in [0.4, 0.5) is 5.82 Å². The van der Waals surface area contributed by atoms with Gasteiger partial charge in [0.15, 0.2) is 0 Å². The highest BCUT2D eigenvalue weighted by Gasteiger charge is 2.31. The molecule has 432 valence electrons. The molecule has 7 heterocycles. The monoisotopic (exact) mass is 1240 g/mol. The van der Waals surface area contributed by atoms with Gasteiger partial charge in [0.05, 0.1) is 59.3 Å². The second-order valence-electron chi connectivity index (χ2n) is 19.0. The summed E-state index contributed by atoms with van der Waals surface area (Å²) < 4.78 is 5.31. The predicted octanol–water partition coefficient (Wildman–Crippen LogP) is 8.54. The topological polar surface area (TPSA) is 317 Å². The van der Waals surface area contributed by atoms with Gasteiger partial charge in [0.25, 0.3) is 17.7 Å². The number of hydrogen-bond acceptors (Lipinski definition) is 21. The number of methoxy groups -OCH3 is 1. The van der Waals surface area contributed by atoms with E-state index in [2.05, 4.69) is 43.4 Å². The predicted molar refractivity (Wildman–Crippen MR) is 323 cm³/mol. The maximum atomic E-state index is 14.3. The van der Waals surface area contributed by atoms with Gasteiger partial charge in [0, 0.05) is 52.5 Å². The first-order valence-corrected chi connectivity index (χ1v) is 30.9. The Hall–Kier alpha value is -8.38. The number of aromatic nitrogens is 7. The SMILES string of the molecule is CNC(=O)C[C@H](NC(=O)c1csc(-c2ccc(-c3nc(N(C=O)Cc4cccc(C(=O)O)c4)cs3)nc2-c2csc(-c3csc(CCc4ccccc4)n3)n2)n1)c1nc(C(=O)NC(c2nc(C(=O)NCC(N)=O)c(COC)s2)C(C)C)c(C)s1. The number of carbonyl (C=O) groups excluding carboxylic acids is 6. The second kappa shape index (κ2) is 27.3. The average Bonchev–Trinajstić information content (AvgIpc) is 4.50. The normalized spacial score (nSPS) is 11.9. The maximum Gasteiger partial charge on any atom is 0.335 e. The van der Waals surface area contributed by atoms with Crippen LogP contribution in [0.3, 0.4) is 0 Å². The van der Waals surface area contributed by atoms with Crippen LogP contribution >= 0.6 is 68.0 Å². The zero-order valence-electron chi connectivity index (χ0n) is 45.5. The quantitative estimate of drug-likeness (QED) is 0.0277. The number of carboxylic acid groups (broad SMARTS) is 1. The lowest BCUT2D eigenvalue weighted by Gasteiger charge is -2.20. The number of benzene rings is 2. The summed E-state index contributed by atoms with van der Waals surface area (Å²) >= 11 is 7.74. The summed E-state index contributed by atoms with van der Waals surface area (Å²) in [5.74, 6) is -3.88. The number of nitrogens with one attached hydrogen (secondary N) is 4. The Kier molecular flexibility index (Phi) is 19.6. The molecule has 0 saturated heterocycles. The summed E-state index contributed by atoms with van der Waals surface area (Å²) in [5, 5.41) is 30.9. The van der Waals surface area contributed by atoms with E-state index in [1.807, 2.05) is 48.9 Å². The van der Waals surface area contributed by atoms with E-state index in [9.17, 15) is 38.7 Å². The molecule has 0 radical (unpaired) electrons. The number of thiazole rings is 6. The fourth-order valence-electron chi connectivity index (χ4n) is 8.43. The molecule has 2 atom stereocenters. The van der Waals surface area contributed by atoms with Crippen LogP contribution in [-0.2, 0) is 45.1 Å². The molecule has 0 bridgehead atoms. The van der Waals surface area contributed by atoms with Gasteiger partial charge in [0.1, 0.15) is 65.0 Å². The van der Waals surface area contributed by atoms with Gasteiger partial charge in [-0.15, -0.1) is 68.0 Å². The highest BCUT2D eigenvalue weighted by atomic mass is 32.1. The smallest absolute Gasteiger partial charge is 0.335 e. The number of pyridine rings is 1. The van der Waals surface area contributed by atoms with Crippen molar-refractivity contribution in [2.45, 2.75) is 65.3 Å². The minimum Gasteiger partial charge on any atom is -0.478 e. The zero-order valence-corrected chi connectivity index (χ0v) is 50.4. The fraction of sp³-hybridized carbons (Fsp3) is 0.250. The molecule has 6 amide bonds. The molecule has 22 nitrogen and oxygen atoms in total. The molecule has 9 rings (SSSR count). The van der Waals surface area contributed by atoms with Crippen LogP contribution in [0.25, 0.3) is 43.4 Å². The number of aromatic carboxylic acids is 1. The molecule has 0 aliphatic heterocycles. The third kappa shape index (κ3) is 14.5. The largest absolute Gasteiger partial charge is 0.478 e. The first-order chi connectivity index (χ1) is 40.5. The van der Waals surface area contributed by atoms with Gasteiger partial charge in [-0.25, -0.2) is 39.7 Å². The standard InChI is InChI=1S/C56H53N13O9S6/c1-28(2)44(55-68-47(39(84-55)22-78-5)49(74)59-20-40(57)71)66-50(75)45-29(3)83-54(67-45)35(19-42(72)58-4)62-48(73)37-24-80-51(64-37)33-15-16-34(52-65-41(26-82-52)69(27-70)21-31-12-9-13-32(18-31)56(76)77)61-46(33)36-23-81-53(63-36)38-25-79-43(60-38)17-14-30-10-7-6-8-11-30/h6-13,15-16,18,23-28,35,44H,14,17,19-22H2,1-5H3,(H2,57,71)(H,58,72)(H,59,74)(H,62,73)(H,66,75)(H,76,77)/t35-,44?/m0/s1. The third-order valence-corrected chi connectivity index (χ3v) is 18.4. The molecule has 0 aliphatic rings. The Labute approximate surface area is 504 Å².